The van der Waals surface area contributed by atoms with Gasteiger partial charge in [0.15, 0.2) is 10.2 Å². The van der Waals surface area contributed by atoms with Crippen LogP contribution in [0.5, 0.6) is 17.2 Å². The second kappa shape index (κ2) is 11.6. The summed E-state index contributed by atoms with van der Waals surface area (Å²) in [4.78, 5) is 7.73. The first-order valence-electron chi connectivity index (χ1n) is 12.5. The zero-order chi connectivity index (χ0) is 27.5. The summed E-state index contributed by atoms with van der Waals surface area (Å²) >= 11 is 13.4. The molecule has 1 fully saturated rings. The molecule has 0 amide bonds. The number of nitrogens with zero attached hydrogens (tertiary/aromatic N) is 2. The molecule has 2 aromatic heterocycles. The van der Waals surface area contributed by atoms with Gasteiger partial charge in [0.25, 0.3) is 0 Å². The zero-order valence-electron chi connectivity index (χ0n) is 21.4. The van der Waals surface area contributed by atoms with Gasteiger partial charge in [-0.3, -0.25) is 4.98 Å². The molecule has 40 heavy (non-hydrogen) atoms. The Morgan fingerprint density at radius 2 is 1.57 bits per heavy atom. The standard InChI is InChI=1S/C31H24ClN3O3S2/c1-36-22-11-13-24(14-12-22)37-23-9-7-21(8-10-23)35-30(29(34-31(35)39)26-4-2-3-19-33-26)27-17-18-28(38-27)40-25-15-5-20(32)6-16-25/h2-19,29-30H,1H3,(H,34,39)/t29-,30+/m1/s1. The van der Waals surface area contributed by atoms with Gasteiger partial charge in [0.2, 0.25) is 0 Å². The van der Waals surface area contributed by atoms with E-state index < -0.39 is 0 Å². The molecule has 6 nitrogen and oxygen atoms in total. The first-order valence-corrected chi connectivity index (χ1v) is 14.1. The van der Waals surface area contributed by atoms with Gasteiger partial charge in [-0.25, -0.2) is 0 Å². The lowest BCUT2D eigenvalue weighted by Gasteiger charge is -2.26. The molecule has 0 radical (unpaired) electrons. The van der Waals surface area contributed by atoms with E-state index >= 15 is 0 Å². The van der Waals surface area contributed by atoms with E-state index in [1.165, 1.54) is 11.8 Å². The molecule has 0 unspecified atom stereocenters. The smallest absolute Gasteiger partial charge is 0.174 e. The van der Waals surface area contributed by atoms with Crippen LogP contribution in [-0.2, 0) is 0 Å². The molecule has 5 aromatic rings. The molecule has 0 bridgehead atoms. The van der Waals surface area contributed by atoms with Crippen LogP contribution in [0.4, 0.5) is 5.69 Å². The molecular formula is C31H24ClN3O3S2. The van der Waals surface area contributed by atoms with Crippen LogP contribution < -0.4 is 19.7 Å². The van der Waals surface area contributed by atoms with Crippen molar-refractivity contribution < 1.29 is 13.9 Å². The number of rotatable bonds is 8. The minimum atomic E-state index is -0.254. The summed E-state index contributed by atoms with van der Waals surface area (Å²) in [5.41, 5.74) is 1.78. The molecule has 3 aromatic carbocycles. The lowest BCUT2D eigenvalue weighted by Crippen LogP contribution is -2.29. The predicted molar refractivity (Wildman–Crippen MR) is 162 cm³/mol. The largest absolute Gasteiger partial charge is 0.497 e. The topological polar surface area (TPSA) is 59.8 Å². The summed E-state index contributed by atoms with van der Waals surface area (Å²) in [7, 11) is 1.64. The average Bonchev–Trinajstić information content (AvgIpc) is 3.59. The second-order valence-electron chi connectivity index (χ2n) is 8.98. The van der Waals surface area contributed by atoms with Crippen molar-refractivity contribution in [1.82, 2.24) is 10.3 Å². The summed E-state index contributed by atoms with van der Waals surface area (Å²) in [6.07, 6.45) is 1.79. The van der Waals surface area contributed by atoms with E-state index in [9.17, 15) is 0 Å². The zero-order valence-corrected chi connectivity index (χ0v) is 23.7. The lowest BCUT2D eigenvalue weighted by atomic mass is 10.0. The molecule has 1 aliphatic rings. The quantitative estimate of drug-likeness (QED) is 0.182. The van der Waals surface area contributed by atoms with Crippen LogP contribution in [0.15, 0.2) is 124 Å². The average molecular weight is 586 g/mol. The van der Waals surface area contributed by atoms with Crippen molar-refractivity contribution in [3.8, 4) is 17.2 Å². The first kappa shape index (κ1) is 26.3. The number of benzene rings is 3. The van der Waals surface area contributed by atoms with E-state index in [0.717, 1.165) is 38.6 Å². The molecule has 0 saturated carbocycles. The van der Waals surface area contributed by atoms with Crippen molar-refractivity contribution in [2.45, 2.75) is 22.1 Å². The monoisotopic (exact) mass is 585 g/mol. The molecule has 3 heterocycles. The summed E-state index contributed by atoms with van der Waals surface area (Å²) in [6.45, 7) is 0. The number of anilines is 1. The molecule has 6 rings (SSSR count). The molecule has 1 saturated heterocycles. The summed E-state index contributed by atoms with van der Waals surface area (Å²) in [6, 6.07) is 32.4. The fraction of sp³-hybridized carbons (Fsp3) is 0.0968. The van der Waals surface area contributed by atoms with E-state index in [4.69, 9.17) is 37.7 Å². The van der Waals surface area contributed by atoms with Crippen molar-refractivity contribution >= 4 is 46.4 Å². The number of ether oxygens (including phenoxy) is 2. The van der Waals surface area contributed by atoms with Gasteiger partial charge in [0.1, 0.15) is 29.1 Å². The molecule has 1 N–H and O–H groups in total. The first-order chi connectivity index (χ1) is 19.6. The Bertz CT molecular complexity index is 1590. The Balaban J connectivity index is 1.29. The summed E-state index contributed by atoms with van der Waals surface area (Å²) < 4.78 is 17.7. The molecule has 200 valence electrons. The molecule has 2 atom stereocenters. The van der Waals surface area contributed by atoms with E-state index in [-0.39, 0.29) is 12.1 Å². The van der Waals surface area contributed by atoms with Crippen LogP contribution in [0.1, 0.15) is 23.5 Å². The van der Waals surface area contributed by atoms with Crippen molar-refractivity contribution in [3.05, 3.63) is 126 Å². The number of hydrogen-bond acceptors (Lipinski definition) is 6. The third-order valence-corrected chi connectivity index (χ3v) is 7.93. The molecular weight excluding hydrogens is 562 g/mol. The van der Waals surface area contributed by atoms with Crippen molar-refractivity contribution in [2.24, 2.45) is 0 Å². The van der Waals surface area contributed by atoms with Crippen molar-refractivity contribution in [2.75, 3.05) is 12.0 Å². The number of furan rings is 1. The number of pyridine rings is 1. The van der Waals surface area contributed by atoms with Gasteiger partial charge in [-0.05, 0) is 109 Å². The second-order valence-corrected chi connectivity index (χ2v) is 10.9. The predicted octanol–water partition coefficient (Wildman–Crippen LogP) is 8.46. The third kappa shape index (κ3) is 5.65. The van der Waals surface area contributed by atoms with Crippen LogP contribution in [-0.4, -0.2) is 17.2 Å². The van der Waals surface area contributed by atoms with Gasteiger partial charge in [-0.15, -0.1) is 0 Å². The van der Waals surface area contributed by atoms with Crippen LogP contribution in [0.25, 0.3) is 0 Å². The third-order valence-electron chi connectivity index (χ3n) is 6.43. The Morgan fingerprint density at radius 3 is 2.25 bits per heavy atom. The van der Waals surface area contributed by atoms with Crippen LogP contribution in [0.2, 0.25) is 5.02 Å². The number of hydrogen-bond donors (Lipinski definition) is 1. The number of aromatic nitrogens is 1. The van der Waals surface area contributed by atoms with E-state index in [1.54, 1.807) is 13.3 Å². The van der Waals surface area contributed by atoms with Crippen LogP contribution in [0, 0.1) is 0 Å². The maximum absolute atomic E-state index is 6.40. The van der Waals surface area contributed by atoms with E-state index in [1.807, 2.05) is 103 Å². The highest BCUT2D eigenvalue weighted by Gasteiger charge is 2.42. The maximum Gasteiger partial charge on any atom is 0.174 e. The number of thiocarbonyl (C=S) groups is 1. The Hall–Kier alpha value is -3.98. The molecule has 1 aliphatic heterocycles. The Morgan fingerprint density at radius 1 is 0.875 bits per heavy atom. The highest BCUT2D eigenvalue weighted by Crippen LogP contribution is 2.44. The van der Waals surface area contributed by atoms with Gasteiger partial charge in [0, 0.05) is 21.8 Å². The van der Waals surface area contributed by atoms with Crippen LogP contribution in [0.3, 0.4) is 0 Å². The highest BCUT2D eigenvalue weighted by molar-refractivity contribution is 7.99. The lowest BCUT2D eigenvalue weighted by molar-refractivity contribution is 0.383. The number of methoxy groups -OCH3 is 1. The molecule has 9 heteroatoms. The number of halogens is 1. The van der Waals surface area contributed by atoms with Crippen LogP contribution >= 0.6 is 35.6 Å². The fourth-order valence-corrected chi connectivity index (χ4v) is 5.79. The van der Waals surface area contributed by atoms with Gasteiger partial charge in [0.05, 0.1) is 18.8 Å². The van der Waals surface area contributed by atoms with Gasteiger partial charge in [-0.2, -0.15) is 0 Å². The highest BCUT2D eigenvalue weighted by atomic mass is 35.5. The Labute approximate surface area is 246 Å². The Kier molecular flexibility index (Phi) is 7.64. The maximum atomic E-state index is 6.40. The van der Waals surface area contributed by atoms with Gasteiger partial charge >= 0.3 is 0 Å². The minimum absolute atomic E-state index is 0.205. The van der Waals surface area contributed by atoms with E-state index in [0.29, 0.717) is 15.9 Å². The van der Waals surface area contributed by atoms with Gasteiger partial charge < -0.3 is 24.1 Å². The van der Waals surface area contributed by atoms with Gasteiger partial charge in [-0.1, -0.05) is 29.4 Å². The summed E-state index contributed by atoms with van der Waals surface area (Å²) in [5.74, 6) is 2.99. The SMILES string of the molecule is COc1ccc(Oc2ccc(N3C(=S)N[C@H](c4ccccn4)[C@@H]3c3ccc(Sc4ccc(Cl)cc4)o3)cc2)cc1. The minimum Gasteiger partial charge on any atom is -0.497 e. The summed E-state index contributed by atoms with van der Waals surface area (Å²) in [5, 5.41) is 5.53. The normalized spacial score (nSPS) is 16.6. The molecule has 0 aliphatic carbocycles. The van der Waals surface area contributed by atoms with Crippen molar-refractivity contribution in [1.29, 1.82) is 0 Å². The van der Waals surface area contributed by atoms with Crippen molar-refractivity contribution in [3.63, 3.8) is 0 Å². The number of nitrogens with one attached hydrogen (secondary N) is 1. The fourth-order valence-electron chi connectivity index (χ4n) is 4.54. The molecule has 0 spiro atoms. The van der Waals surface area contributed by atoms with E-state index in [2.05, 4.69) is 15.2 Å².